The summed E-state index contributed by atoms with van der Waals surface area (Å²) in [5, 5.41) is 0. The van der Waals surface area contributed by atoms with E-state index in [9.17, 15) is 0 Å². The fraction of sp³-hybridized carbons (Fsp3) is 0.545. The summed E-state index contributed by atoms with van der Waals surface area (Å²) in [5.41, 5.74) is 1.07. The largest absolute Gasteiger partial charge is 0.383 e. The van der Waals surface area contributed by atoms with Crippen LogP contribution in [0.2, 0.25) is 0 Å². The average molecular weight is 229 g/mol. The molecule has 0 radical (unpaired) electrons. The number of aromatic nitrogens is 1. The monoisotopic (exact) mass is 228 g/mol. The van der Waals surface area contributed by atoms with Crippen molar-refractivity contribution in [3.05, 3.63) is 23.9 Å². The molecule has 0 saturated carbocycles. The maximum Gasteiger partial charge on any atom is 0.132 e. The van der Waals surface area contributed by atoms with Crippen molar-refractivity contribution in [2.24, 2.45) is 0 Å². The number of hydrogen-bond acceptors (Lipinski definition) is 3. The number of anilines is 1. The summed E-state index contributed by atoms with van der Waals surface area (Å²) in [6.07, 6.45) is 1.79. The minimum absolute atomic E-state index is 0.493. The Labute approximate surface area is 96.0 Å². The fourth-order valence-electron chi connectivity index (χ4n) is 1.43. The predicted molar refractivity (Wildman–Crippen MR) is 63.6 cm³/mol. The lowest BCUT2D eigenvalue weighted by atomic mass is 10.2. The van der Waals surface area contributed by atoms with Crippen molar-refractivity contribution in [3.8, 4) is 0 Å². The van der Waals surface area contributed by atoms with E-state index < -0.39 is 0 Å². The van der Waals surface area contributed by atoms with Crippen LogP contribution in [0, 0.1) is 0 Å². The van der Waals surface area contributed by atoms with Gasteiger partial charge in [0.2, 0.25) is 0 Å². The van der Waals surface area contributed by atoms with Crippen LogP contribution < -0.4 is 4.90 Å². The van der Waals surface area contributed by atoms with Crippen molar-refractivity contribution in [2.45, 2.75) is 12.8 Å². The lowest BCUT2D eigenvalue weighted by Gasteiger charge is -2.23. The highest BCUT2D eigenvalue weighted by atomic mass is 35.5. The van der Waals surface area contributed by atoms with Crippen LogP contribution in [0.3, 0.4) is 0 Å². The first-order valence-electron chi connectivity index (χ1n) is 5.07. The van der Waals surface area contributed by atoms with Crippen molar-refractivity contribution in [2.75, 3.05) is 31.7 Å². The van der Waals surface area contributed by atoms with Crippen LogP contribution in [-0.2, 0) is 10.6 Å². The second kappa shape index (κ2) is 6.64. The van der Waals surface area contributed by atoms with Gasteiger partial charge in [0, 0.05) is 32.0 Å². The number of likely N-dealkylation sites (N-methyl/N-ethyl adjacent to an activating group) is 1. The van der Waals surface area contributed by atoms with E-state index in [2.05, 4.69) is 16.8 Å². The van der Waals surface area contributed by atoms with Crippen LogP contribution in [-0.4, -0.2) is 31.8 Å². The van der Waals surface area contributed by atoms with E-state index in [0.29, 0.717) is 12.5 Å². The van der Waals surface area contributed by atoms with Crippen LogP contribution >= 0.6 is 11.6 Å². The van der Waals surface area contributed by atoms with Gasteiger partial charge in [-0.1, -0.05) is 6.07 Å². The van der Waals surface area contributed by atoms with E-state index in [-0.39, 0.29) is 0 Å². The molecule has 0 fully saturated rings. The lowest BCUT2D eigenvalue weighted by molar-refractivity contribution is 0.205. The third-order valence-electron chi connectivity index (χ3n) is 2.26. The molecule has 0 aliphatic rings. The summed E-state index contributed by atoms with van der Waals surface area (Å²) in [6.45, 7) is 4.55. The molecule has 0 amide bonds. The Hall–Kier alpha value is -0.800. The lowest BCUT2D eigenvalue weighted by Crippen LogP contribution is -2.28. The highest BCUT2D eigenvalue weighted by molar-refractivity contribution is 6.17. The molecule has 1 aromatic heterocycles. The summed E-state index contributed by atoms with van der Waals surface area (Å²) in [4.78, 5) is 6.53. The molecule has 0 bridgehead atoms. The topological polar surface area (TPSA) is 25.4 Å². The van der Waals surface area contributed by atoms with Gasteiger partial charge in [-0.3, -0.25) is 0 Å². The van der Waals surface area contributed by atoms with Gasteiger partial charge in [-0.2, -0.15) is 0 Å². The normalized spacial score (nSPS) is 10.3. The zero-order valence-corrected chi connectivity index (χ0v) is 10.00. The minimum atomic E-state index is 0.493. The first kappa shape index (κ1) is 12.3. The first-order valence-corrected chi connectivity index (χ1v) is 5.60. The van der Waals surface area contributed by atoms with Gasteiger partial charge in [0.15, 0.2) is 0 Å². The summed E-state index contributed by atoms with van der Waals surface area (Å²) in [5.74, 6) is 1.46. The van der Waals surface area contributed by atoms with Crippen LogP contribution in [0.1, 0.15) is 12.5 Å². The number of nitrogens with zero attached hydrogens (tertiary/aromatic N) is 2. The number of methoxy groups -OCH3 is 1. The zero-order chi connectivity index (χ0) is 11.1. The molecule has 3 nitrogen and oxygen atoms in total. The molecule has 0 aliphatic heterocycles. The van der Waals surface area contributed by atoms with Crippen LogP contribution in [0.25, 0.3) is 0 Å². The smallest absolute Gasteiger partial charge is 0.132 e. The maximum atomic E-state index is 5.87. The van der Waals surface area contributed by atoms with E-state index in [1.165, 1.54) is 0 Å². The van der Waals surface area contributed by atoms with Gasteiger partial charge in [0.25, 0.3) is 0 Å². The van der Waals surface area contributed by atoms with Gasteiger partial charge in [0.05, 0.1) is 12.5 Å². The molecular formula is C11H17ClN2O. The van der Waals surface area contributed by atoms with Crippen LogP contribution in [0.4, 0.5) is 5.82 Å². The van der Waals surface area contributed by atoms with Crippen molar-refractivity contribution in [1.82, 2.24) is 4.98 Å². The van der Waals surface area contributed by atoms with Crippen molar-refractivity contribution >= 4 is 17.4 Å². The first-order chi connectivity index (χ1) is 7.33. The van der Waals surface area contributed by atoms with E-state index in [0.717, 1.165) is 24.5 Å². The van der Waals surface area contributed by atoms with Gasteiger partial charge in [-0.25, -0.2) is 4.98 Å². The molecule has 0 N–H and O–H groups in total. The van der Waals surface area contributed by atoms with Crippen molar-refractivity contribution in [1.29, 1.82) is 0 Å². The van der Waals surface area contributed by atoms with Gasteiger partial charge in [-0.05, 0) is 13.0 Å². The van der Waals surface area contributed by atoms with E-state index in [1.807, 2.05) is 12.1 Å². The van der Waals surface area contributed by atoms with Gasteiger partial charge in [-0.15, -0.1) is 11.6 Å². The summed E-state index contributed by atoms with van der Waals surface area (Å²) in [7, 11) is 1.70. The van der Waals surface area contributed by atoms with Crippen LogP contribution in [0.15, 0.2) is 18.3 Å². The minimum Gasteiger partial charge on any atom is -0.383 e. The number of pyridine rings is 1. The number of alkyl halides is 1. The highest BCUT2D eigenvalue weighted by Gasteiger charge is 2.09. The van der Waals surface area contributed by atoms with E-state index in [4.69, 9.17) is 16.3 Å². The van der Waals surface area contributed by atoms with Gasteiger partial charge >= 0.3 is 0 Å². The molecule has 1 aromatic rings. The Morgan fingerprint density at radius 2 is 2.33 bits per heavy atom. The molecule has 0 atom stereocenters. The SMILES string of the molecule is CCN(CCOC)c1ncccc1CCl. The number of rotatable bonds is 6. The second-order valence-corrected chi connectivity index (χ2v) is 3.46. The Bertz CT molecular complexity index is 294. The van der Waals surface area contributed by atoms with E-state index in [1.54, 1.807) is 13.3 Å². The zero-order valence-electron chi connectivity index (χ0n) is 9.24. The van der Waals surface area contributed by atoms with Gasteiger partial charge in [0.1, 0.15) is 5.82 Å². The molecule has 84 valence electrons. The number of ether oxygens (including phenoxy) is 1. The average Bonchev–Trinajstić information content (AvgIpc) is 2.30. The highest BCUT2D eigenvalue weighted by Crippen LogP contribution is 2.18. The molecule has 1 rings (SSSR count). The van der Waals surface area contributed by atoms with Crippen LogP contribution in [0.5, 0.6) is 0 Å². The van der Waals surface area contributed by atoms with Gasteiger partial charge < -0.3 is 9.64 Å². The summed E-state index contributed by atoms with van der Waals surface area (Å²) < 4.78 is 5.07. The predicted octanol–water partition coefficient (Wildman–Crippen LogP) is 2.29. The third-order valence-corrected chi connectivity index (χ3v) is 2.55. The second-order valence-electron chi connectivity index (χ2n) is 3.19. The fourth-order valence-corrected chi connectivity index (χ4v) is 1.64. The van der Waals surface area contributed by atoms with Crippen molar-refractivity contribution in [3.63, 3.8) is 0 Å². The molecular weight excluding hydrogens is 212 g/mol. The Balaban J connectivity index is 2.80. The Morgan fingerprint density at radius 1 is 1.53 bits per heavy atom. The molecule has 0 saturated heterocycles. The van der Waals surface area contributed by atoms with E-state index >= 15 is 0 Å². The Kier molecular flexibility index (Phi) is 5.43. The van der Waals surface area contributed by atoms with Crippen molar-refractivity contribution < 1.29 is 4.74 Å². The molecule has 0 unspecified atom stereocenters. The maximum absolute atomic E-state index is 5.87. The molecule has 4 heteroatoms. The summed E-state index contributed by atoms with van der Waals surface area (Å²) in [6, 6.07) is 3.91. The quantitative estimate of drug-likeness (QED) is 0.699. The standard InChI is InChI=1S/C11H17ClN2O/c1-3-14(7-8-15-2)11-10(9-12)5-4-6-13-11/h4-6H,3,7-9H2,1-2H3. The third kappa shape index (κ3) is 3.36. The molecule has 15 heavy (non-hydrogen) atoms. The molecule has 1 heterocycles. The Morgan fingerprint density at radius 3 is 2.93 bits per heavy atom. The number of halogens is 1. The number of hydrogen-bond donors (Lipinski definition) is 0. The molecule has 0 aromatic carbocycles. The molecule has 0 aliphatic carbocycles. The molecule has 0 spiro atoms. The summed E-state index contributed by atoms with van der Waals surface area (Å²) >= 11 is 5.87.